The molecule has 0 aliphatic heterocycles. The highest BCUT2D eigenvalue weighted by Crippen LogP contribution is 2.36. The lowest BCUT2D eigenvalue weighted by atomic mass is 10.1. The summed E-state index contributed by atoms with van der Waals surface area (Å²) in [4.78, 5) is 28.3. The Kier molecular flexibility index (Phi) is 7.70. The van der Waals surface area contributed by atoms with Crippen LogP contribution < -0.4 is 9.47 Å². The predicted octanol–water partition coefficient (Wildman–Crippen LogP) is 9.46. The van der Waals surface area contributed by atoms with Crippen molar-refractivity contribution in [3.8, 4) is 69.1 Å². The molecule has 0 unspecified atom stereocenters. The summed E-state index contributed by atoms with van der Waals surface area (Å²) in [6.45, 7) is 0. The topological polar surface area (TPSA) is 95.8 Å². The van der Waals surface area contributed by atoms with Crippen LogP contribution in [0.4, 0.5) is 0 Å². The van der Waals surface area contributed by atoms with Gasteiger partial charge in [-0.15, -0.1) is 0 Å². The largest absolute Gasteiger partial charge is 0.424 e. The molecule has 0 N–H and O–H groups in total. The fraction of sp³-hybridized carbons (Fsp3) is 0. The van der Waals surface area contributed by atoms with Crippen LogP contribution in [0, 0.1) is 0 Å². The van der Waals surface area contributed by atoms with Gasteiger partial charge in [-0.25, -0.2) is 9.97 Å². The molecule has 0 radical (unpaired) electrons. The van der Waals surface area contributed by atoms with Gasteiger partial charge in [-0.1, -0.05) is 146 Å². The first kappa shape index (κ1) is 28.7. The van der Waals surface area contributed by atoms with Crippen molar-refractivity contribution in [2.45, 2.75) is 0 Å². The predicted molar refractivity (Wildman–Crippen MR) is 185 cm³/mol. The van der Waals surface area contributed by atoms with Crippen molar-refractivity contribution in [2.75, 3.05) is 0 Å². The van der Waals surface area contributed by atoms with E-state index in [0.717, 1.165) is 33.0 Å². The number of hydrogen-bond donors (Lipinski definition) is 0. The summed E-state index contributed by atoms with van der Waals surface area (Å²) in [6.07, 6.45) is 0. The van der Waals surface area contributed by atoms with E-state index in [1.165, 1.54) is 0 Å². The number of nitrogens with zero attached hydrogens (tertiary/aromatic N) is 6. The van der Waals surface area contributed by atoms with Gasteiger partial charge in [0.25, 0.3) is 0 Å². The highest BCUT2D eigenvalue weighted by Gasteiger charge is 2.16. The van der Waals surface area contributed by atoms with Crippen molar-refractivity contribution >= 4 is 10.8 Å². The molecule has 0 aliphatic carbocycles. The van der Waals surface area contributed by atoms with Crippen LogP contribution in [0.3, 0.4) is 0 Å². The van der Waals surface area contributed by atoms with E-state index in [2.05, 4.69) is 0 Å². The Morgan fingerprint density at radius 1 is 0.271 bits per heavy atom. The van der Waals surface area contributed by atoms with Crippen molar-refractivity contribution in [1.29, 1.82) is 0 Å². The number of hydrogen-bond acceptors (Lipinski definition) is 8. The minimum atomic E-state index is 0.180. The third-order valence-corrected chi connectivity index (χ3v) is 7.60. The van der Waals surface area contributed by atoms with E-state index in [1.54, 1.807) is 0 Å². The van der Waals surface area contributed by atoms with Gasteiger partial charge in [0.1, 0.15) is 11.5 Å². The first-order valence-corrected chi connectivity index (χ1v) is 15.4. The molecule has 0 saturated carbocycles. The zero-order valence-corrected chi connectivity index (χ0v) is 25.5. The molecule has 2 heterocycles. The van der Waals surface area contributed by atoms with Crippen LogP contribution in [0.25, 0.3) is 56.3 Å². The maximum Gasteiger partial charge on any atom is 0.326 e. The van der Waals surface area contributed by atoms with Crippen LogP contribution in [0.2, 0.25) is 0 Å². The second kappa shape index (κ2) is 12.9. The molecule has 6 aromatic carbocycles. The third kappa shape index (κ3) is 6.05. The standard InChI is InChI=1S/C40H26N6O2/c1-5-15-27(16-6-1)35-41-36(28-17-7-2-8-18-28)44-39(43-35)47-33-25-13-24-32-31(33)23-14-26-34(32)48-40-45-37(29-19-9-3-10-20-29)42-38(46-40)30-21-11-4-12-22-30/h1-26H. The second-order valence-corrected chi connectivity index (χ2v) is 10.8. The summed E-state index contributed by atoms with van der Waals surface area (Å²) in [6, 6.07) is 51.0. The second-order valence-electron chi connectivity index (χ2n) is 10.8. The Balaban J connectivity index is 1.18. The lowest BCUT2D eigenvalue weighted by Crippen LogP contribution is -2.01. The molecular weight excluding hydrogens is 596 g/mol. The molecule has 0 atom stereocenters. The van der Waals surface area contributed by atoms with Crippen LogP contribution in [-0.4, -0.2) is 29.9 Å². The Bertz CT molecular complexity index is 2060. The Morgan fingerprint density at radius 3 is 0.854 bits per heavy atom. The molecule has 8 nitrogen and oxygen atoms in total. The Morgan fingerprint density at radius 2 is 0.562 bits per heavy atom. The number of rotatable bonds is 8. The monoisotopic (exact) mass is 622 g/mol. The fourth-order valence-electron chi connectivity index (χ4n) is 5.30. The molecular formula is C40H26N6O2. The van der Waals surface area contributed by atoms with Gasteiger partial charge in [-0.3, -0.25) is 0 Å². The molecule has 0 spiro atoms. The summed E-state index contributed by atoms with van der Waals surface area (Å²) >= 11 is 0. The minimum absolute atomic E-state index is 0.180. The minimum Gasteiger partial charge on any atom is -0.424 e. The van der Waals surface area contributed by atoms with Crippen molar-refractivity contribution in [3.63, 3.8) is 0 Å². The van der Waals surface area contributed by atoms with Crippen molar-refractivity contribution < 1.29 is 9.47 Å². The van der Waals surface area contributed by atoms with Crippen LogP contribution in [-0.2, 0) is 0 Å². The molecule has 2 aromatic heterocycles. The molecule has 0 saturated heterocycles. The average Bonchev–Trinajstić information content (AvgIpc) is 3.16. The van der Waals surface area contributed by atoms with E-state index in [1.807, 2.05) is 158 Å². The van der Waals surface area contributed by atoms with Gasteiger partial charge in [0.15, 0.2) is 23.3 Å². The molecule has 0 aliphatic rings. The quantitative estimate of drug-likeness (QED) is 0.165. The van der Waals surface area contributed by atoms with E-state index < -0.39 is 0 Å². The van der Waals surface area contributed by atoms with Gasteiger partial charge in [0.05, 0.1) is 0 Å². The highest BCUT2D eigenvalue weighted by molar-refractivity contribution is 5.93. The first-order valence-electron chi connectivity index (χ1n) is 15.4. The average molecular weight is 623 g/mol. The summed E-state index contributed by atoms with van der Waals surface area (Å²) in [5, 5.41) is 1.61. The van der Waals surface area contributed by atoms with Gasteiger partial charge in [-0.05, 0) is 12.1 Å². The van der Waals surface area contributed by atoms with Crippen LogP contribution >= 0.6 is 0 Å². The van der Waals surface area contributed by atoms with Gasteiger partial charge in [0, 0.05) is 33.0 Å². The van der Waals surface area contributed by atoms with Crippen LogP contribution in [0.15, 0.2) is 158 Å². The molecule has 228 valence electrons. The number of fused-ring (bicyclic) bond motifs is 1. The SMILES string of the molecule is c1ccc(-c2nc(Oc3cccc4c(Oc5nc(-c6ccccc6)nc(-c6ccccc6)n5)cccc34)nc(-c3ccccc3)n2)cc1. The number of benzene rings is 6. The fourth-order valence-corrected chi connectivity index (χ4v) is 5.30. The molecule has 8 aromatic rings. The van der Waals surface area contributed by atoms with E-state index in [-0.39, 0.29) is 12.0 Å². The molecule has 0 bridgehead atoms. The van der Waals surface area contributed by atoms with Gasteiger partial charge in [-0.2, -0.15) is 19.9 Å². The van der Waals surface area contributed by atoms with Crippen molar-refractivity contribution in [3.05, 3.63) is 158 Å². The van der Waals surface area contributed by atoms with E-state index >= 15 is 0 Å². The molecule has 8 heteroatoms. The van der Waals surface area contributed by atoms with Crippen LogP contribution in [0.5, 0.6) is 23.5 Å². The molecule has 48 heavy (non-hydrogen) atoms. The lowest BCUT2D eigenvalue weighted by molar-refractivity contribution is 0.441. The molecule has 8 rings (SSSR count). The normalized spacial score (nSPS) is 10.9. The van der Waals surface area contributed by atoms with Gasteiger partial charge >= 0.3 is 12.0 Å². The summed E-state index contributed by atoms with van der Waals surface area (Å²) < 4.78 is 12.8. The number of ether oxygens (including phenoxy) is 2. The van der Waals surface area contributed by atoms with Crippen LogP contribution in [0.1, 0.15) is 0 Å². The van der Waals surface area contributed by atoms with Crippen molar-refractivity contribution in [1.82, 2.24) is 29.9 Å². The van der Waals surface area contributed by atoms with Gasteiger partial charge < -0.3 is 9.47 Å². The van der Waals surface area contributed by atoms with E-state index in [0.29, 0.717) is 34.8 Å². The van der Waals surface area contributed by atoms with E-state index in [4.69, 9.17) is 39.4 Å². The zero-order chi connectivity index (χ0) is 32.1. The maximum atomic E-state index is 6.42. The summed E-state index contributed by atoms with van der Waals surface area (Å²) in [5.74, 6) is 3.19. The molecule has 0 fully saturated rings. The zero-order valence-electron chi connectivity index (χ0n) is 25.5. The lowest BCUT2D eigenvalue weighted by Gasteiger charge is -2.13. The van der Waals surface area contributed by atoms with E-state index in [9.17, 15) is 0 Å². The maximum absolute atomic E-state index is 6.42. The summed E-state index contributed by atoms with van der Waals surface area (Å²) in [5.41, 5.74) is 3.44. The smallest absolute Gasteiger partial charge is 0.326 e. The number of aromatic nitrogens is 6. The third-order valence-electron chi connectivity index (χ3n) is 7.60. The van der Waals surface area contributed by atoms with Crippen molar-refractivity contribution in [2.24, 2.45) is 0 Å². The summed E-state index contributed by atoms with van der Waals surface area (Å²) in [7, 11) is 0. The highest BCUT2D eigenvalue weighted by atomic mass is 16.5. The Hall–Kier alpha value is -6.80. The molecule has 0 amide bonds. The first-order chi connectivity index (χ1) is 23.8. The Labute approximate surface area is 276 Å². The van der Waals surface area contributed by atoms with Gasteiger partial charge in [0.2, 0.25) is 0 Å².